The predicted octanol–water partition coefficient (Wildman–Crippen LogP) is 2.25. The Morgan fingerprint density at radius 1 is 0.433 bits per heavy atom. The maximum atomic E-state index is 9.98. The van der Waals surface area contributed by atoms with Gasteiger partial charge in [0, 0.05) is 22.3 Å². The molecule has 0 atom stereocenters. The van der Waals surface area contributed by atoms with Gasteiger partial charge < -0.3 is 30.6 Å². The zero-order chi connectivity index (χ0) is 21.7. The fourth-order valence-electron chi connectivity index (χ4n) is 3.60. The maximum absolute atomic E-state index is 9.98. The molecule has 6 nitrogen and oxygen atoms in total. The zero-order valence-electron chi connectivity index (χ0n) is 16.5. The van der Waals surface area contributed by atoms with E-state index < -0.39 is 0 Å². The van der Waals surface area contributed by atoms with E-state index in [4.69, 9.17) is 0 Å². The second-order valence-corrected chi connectivity index (χ2v) is 7.33. The molecule has 3 rings (SSSR count). The number of aromatic hydroxyl groups is 2. The van der Waals surface area contributed by atoms with Crippen molar-refractivity contribution in [2.24, 2.45) is 0 Å². The first kappa shape index (κ1) is 21.8. The van der Waals surface area contributed by atoms with Gasteiger partial charge in [-0.2, -0.15) is 0 Å². The summed E-state index contributed by atoms with van der Waals surface area (Å²) < 4.78 is 0. The molecule has 0 fully saturated rings. The molecule has 0 aliphatic carbocycles. The molecule has 0 saturated carbocycles. The minimum absolute atomic E-state index is 0.0718. The Morgan fingerprint density at radius 3 is 0.933 bits per heavy atom. The van der Waals surface area contributed by atoms with Crippen molar-refractivity contribution >= 4 is 0 Å². The number of rotatable bonds is 8. The molecular formula is C24H26O6. The van der Waals surface area contributed by atoms with Gasteiger partial charge in [0.25, 0.3) is 0 Å². The van der Waals surface area contributed by atoms with Crippen LogP contribution in [0.25, 0.3) is 0 Å². The van der Waals surface area contributed by atoms with Gasteiger partial charge in [-0.3, -0.25) is 0 Å². The molecule has 0 saturated heterocycles. The van der Waals surface area contributed by atoms with Crippen LogP contribution in [-0.4, -0.2) is 30.6 Å². The van der Waals surface area contributed by atoms with E-state index in [-0.39, 0.29) is 37.9 Å². The monoisotopic (exact) mass is 410 g/mol. The van der Waals surface area contributed by atoms with Gasteiger partial charge in [-0.1, -0.05) is 24.3 Å². The number of phenols is 2. The molecule has 0 radical (unpaired) electrons. The summed E-state index contributed by atoms with van der Waals surface area (Å²) >= 11 is 0. The first-order valence-electron chi connectivity index (χ1n) is 9.67. The van der Waals surface area contributed by atoms with Crippen LogP contribution in [0, 0.1) is 0 Å². The van der Waals surface area contributed by atoms with Gasteiger partial charge in [0.1, 0.15) is 11.5 Å². The Hall–Kier alpha value is -2.90. The maximum Gasteiger partial charge on any atom is 0.126 e. The van der Waals surface area contributed by atoms with E-state index in [1.807, 2.05) is 24.3 Å². The van der Waals surface area contributed by atoms with Gasteiger partial charge in [0.2, 0.25) is 0 Å². The molecule has 0 unspecified atom stereocenters. The molecule has 0 amide bonds. The van der Waals surface area contributed by atoms with Crippen LogP contribution < -0.4 is 0 Å². The Morgan fingerprint density at radius 2 is 0.700 bits per heavy atom. The van der Waals surface area contributed by atoms with E-state index in [1.54, 1.807) is 24.3 Å². The molecule has 0 heterocycles. The minimum atomic E-state index is -0.302. The van der Waals surface area contributed by atoms with Crippen molar-refractivity contribution in [1.29, 1.82) is 0 Å². The van der Waals surface area contributed by atoms with E-state index in [2.05, 4.69) is 0 Å². The van der Waals surface area contributed by atoms with Crippen molar-refractivity contribution in [1.82, 2.24) is 0 Å². The summed E-state index contributed by atoms with van der Waals surface area (Å²) in [6, 6.07) is 14.9. The average Bonchev–Trinajstić information content (AvgIpc) is 2.77. The smallest absolute Gasteiger partial charge is 0.126 e. The van der Waals surface area contributed by atoms with Gasteiger partial charge in [0.05, 0.1) is 26.4 Å². The zero-order valence-corrected chi connectivity index (χ0v) is 16.5. The Balaban J connectivity index is 1.78. The highest BCUT2D eigenvalue weighted by Crippen LogP contribution is 2.28. The quantitative estimate of drug-likeness (QED) is 0.339. The van der Waals surface area contributed by atoms with Crippen LogP contribution in [0.2, 0.25) is 0 Å². The molecule has 0 aliphatic rings. The lowest BCUT2D eigenvalue weighted by Gasteiger charge is -2.12. The van der Waals surface area contributed by atoms with Crippen LogP contribution in [0.15, 0.2) is 48.5 Å². The standard InChI is InChI=1S/C24H26O6/c25-11-19-7-17(8-20(12-26)23(19)29)5-15-1-2-16(4-3-15)6-18-9-21(13-27)24(30)22(10-18)14-28/h1-4,7-10,25-30H,5-6,11-14H2. The van der Waals surface area contributed by atoms with Crippen LogP contribution in [0.4, 0.5) is 0 Å². The third-order valence-corrected chi connectivity index (χ3v) is 5.18. The second kappa shape index (κ2) is 9.73. The van der Waals surface area contributed by atoms with Crippen molar-refractivity contribution < 1.29 is 30.6 Å². The minimum Gasteiger partial charge on any atom is -0.507 e. The third kappa shape index (κ3) is 4.80. The van der Waals surface area contributed by atoms with E-state index in [9.17, 15) is 30.6 Å². The molecule has 30 heavy (non-hydrogen) atoms. The highest BCUT2D eigenvalue weighted by atomic mass is 16.3. The molecular weight excluding hydrogens is 384 g/mol. The lowest BCUT2D eigenvalue weighted by molar-refractivity contribution is 0.263. The molecule has 158 valence electrons. The third-order valence-electron chi connectivity index (χ3n) is 5.18. The van der Waals surface area contributed by atoms with Gasteiger partial charge in [-0.05, 0) is 59.4 Å². The molecule has 3 aromatic rings. The summed E-state index contributed by atoms with van der Waals surface area (Å²) in [5, 5.41) is 57.6. The first-order chi connectivity index (χ1) is 14.5. The van der Waals surface area contributed by atoms with Crippen LogP contribution in [0.1, 0.15) is 44.5 Å². The summed E-state index contributed by atoms with van der Waals surface area (Å²) in [7, 11) is 0. The number of aliphatic hydroxyl groups excluding tert-OH is 4. The second-order valence-electron chi connectivity index (χ2n) is 7.33. The molecule has 0 aliphatic heterocycles. The van der Waals surface area contributed by atoms with Gasteiger partial charge in [-0.25, -0.2) is 0 Å². The van der Waals surface area contributed by atoms with Crippen LogP contribution in [-0.2, 0) is 39.3 Å². The van der Waals surface area contributed by atoms with Crippen molar-refractivity contribution in [3.05, 3.63) is 93.0 Å². The summed E-state index contributed by atoms with van der Waals surface area (Å²) in [4.78, 5) is 0. The van der Waals surface area contributed by atoms with E-state index in [0.717, 1.165) is 22.3 Å². The fourth-order valence-corrected chi connectivity index (χ4v) is 3.60. The first-order valence-corrected chi connectivity index (χ1v) is 9.67. The van der Waals surface area contributed by atoms with Crippen LogP contribution in [0.5, 0.6) is 11.5 Å². The van der Waals surface area contributed by atoms with E-state index >= 15 is 0 Å². The summed E-state index contributed by atoms with van der Waals surface area (Å²) in [6.45, 7) is -1.21. The van der Waals surface area contributed by atoms with Crippen LogP contribution >= 0.6 is 0 Å². The number of aliphatic hydroxyl groups is 4. The molecule has 0 spiro atoms. The molecule has 3 aromatic carbocycles. The molecule has 6 N–H and O–H groups in total. The summed E-state index contributed by atoms with van der Waals surface area (Å²) in [5.74, 6) is -0.144. The summed E-state index contributed by atoms with van der Waals surface area (Å²) in [5.41, 5.74) is 5.39. The predicted molar refractivity (Wildman–Crippen MR) is 112 cm³/mol. The Labute approximate surface area is 175 Å². The van der Waals surface area contributed by atoms with Crippen molar-refractivity contribution in [2.75, 3.05) is 0 Å². The SMILES string of the molecule is OCc1cc(Cc2ccc(Cc3cc(CO)c(O)c(CO)c3)cc2)cc(CO)c1O. The summed E-state index contributed by atoms with van der Waals surface area (Å²) in [6.07, 6.45) is 1.17. The Bertz CT molecular complexity index is 878. The van der Waals surface area contributed by atoms with E-state index in [1.165, 1.54) is 0 Å². The number of benzene rings is 3. The normalized spacial score (nSPS) is 11.1. The highest BCUT2D eigenvalue weighted by molar-refractivity contribution is 5.46. The molecule has 6 heteroatoms. The van der Waals surface area contributed by atoms with Gasteiger partial charge in [-0.15, -0.1) is 0 Å². The lowest BCUT2D eigenvalue weighted by atomic mass is 9.96. The highest BCUT2D eigenvalue weighted by Gasteiger charge is 2.11. The lowest BCUT2D eigenvalue weighted by Crippen LogP contribution is -1.98. The number of hydrogen-bond acceptors (Lipinski definition) is 6. The fraction of sp³-hybridized carbons (Fsp3) is 0.250. The van der Waals surface area contributed by atoms with Crippen molar-refractivity contribution in [3.8, 4) is 11.5 Å². The van der Waals surface area contributed by atoms with Gasteiger partial charge >= 0.3 is 0 Å². The largest absolute Gasteiger partial charge is 0.507 e. The van der Waals surface area contributed by atoms with Crippen molar-refractivity contribution in [3.63, 3.8) is 0 Å². The average molecular weight is 410 g/mol. The van der Waals surface area contributed by atoms with Crippen molar-refractivity contribution in [2.45, 2.75) is 39.3 Å². The molecule has 0 aromatic heterocycles. The Kier molecular flexibility index (Phi) is 7.07. The van der Waals surface area contributed by atoms with Gasteiger partial charge in [0.15, 0.2) is 0 Å². The topological polar surface area (TPSA) is 121 Å². The van der Waals surface area contributed by atoms with Crippen LogP contribution in [0.3, 0.4) is 0 Å². The molecule has 0 bridgehead atoms. The van der Waals surface area contributed by atoms with E-state index in [0.29, 0.717) is 35.1 Å². The number of hydrogen-bond donors (Lipinski definition) is 6.